The molecule has 1 aromatic carbocycles. The zero-order valence-electron chi connectivity index (χ0n) is 10.9. The molecule has 0 spiro atoms. The molecule has 11 heteroatoms. The molecule has 11 nitrogen and oxygen atoms in total. The average molecular weight is 299 g/mol. The largest absolute Gasteiger partial charge is 0.234 e. The van der Waals surface area contributed by atoms with E-state index in [2.05, 4.69) is 0 Å². The minimum atomic E-state index is -1.12. The maximum atomic E-state index is 10.9. The number of hydrazine groups is 3. The van der Waals surface area contributed by atoms with E-state index in [0.29, 0.717) is 5.69 Å². The van der Waals surface area contributed by atoms with Crippen LogP contribution < -0.4 is 5.01 Å². The van der Waals surface area contributed by atoms with Gasteiger partial charge in [0.25, 0.3) is 0 Å². The monoisotopic (exact) mass is 299 g/mol. The third-order valence-corrected chi connectivity index (χ3v) is 2.61. The van der Waals surface area contributed by atoms with E-state index < -0.39 is 21.6 Å². The van der Waals surface area contributed by atoms with Crippen molar-refractivity contribution in [3.63, 3.8) is 0 Å². The molecule has 0 aliphatic carbocycles. The van der Waals surface area contributed by atoms with Gasteiger partial charge >= 0.3 is 0 Å². The molecule has 0 aliphatic rings. The Morgan fingerprint density at radius 1 is 0.810 bits per heavy atom. The lowest BCUT2D eigenvalue weighted by molar-refractivity contribution is -0.907. The van der Waals surface area contributed by atoms with Crippen LogP contribution in [-0.4, -0.2) is 33.3 Å². The smallest absolute Gasteiger partial charge is 0.222 e. The molecule has 0 aromatic heterocycles. The number of rotatable bonds is 9. The molecule has 0 amide bonds. The molecule has 1 aromatic rings. The fourth-order valence-electron chi connectivity index (χ4n) is 1.64. The molecule has 0 radical (unpaired) electrons. The quantitative estimate of drug-likeness (QED) is 0.376. The molecule has 0 unspecified atom stereocenters. The van der Waals surface area contributed by atoms with Crippen LogP contribution in [0.1, 0.15) is 12.8 Å². The normalized spacial score (nSPS) is 9.90. The van der Waals surface area contributed by atoms with E-state index in [1.54, 1.807) is 30.3 Å². The lowest BCUT2D eigenvalue weighted by atomic mass is 10.2. The summed E-state index contributed by atoms with van der Waals surface area (Å²) >= 11 is 0. The van der Waals surface area contributed by atoms with E-state index in [9.17, 15) is 30.3 Å². The third kappa shape index (κ3) is 4.89. The van der Waals surface area contributed by atoms with Gasteiger partial charge in [0.1, 0.15) is 5.69 Å². The van der Waals surface area contributed by atoms with Crippen LogP contribution in [-0.2, 0) is 0 Å². The Morgan fingerprint density at radius 3 is 1.81 bits per heavy atom. The van der Waals surface area contributed by atoms with E-state index in [-0.39, 0.29) is 24.5 Å². The van der Waals surface area contributed by atoms with Gasteiger partial charge in [-0.25, -0.2) is 30.3 Å². The molecule has 0 bridgehead atoms. The Kier molecular flexibility index (Phi) is 5.80. The zero-order chi connectivity index (χ0) is 15.8. The second-order valence-electron chi connectivity index (χ2n) is 3.98. The summed E-state index contributed by atoms with van der Waals surface area (Å²) < 4.78 is 0. The molecule has 0 saturated carbocycles. The van der Waals surface area contributed by atoms with E-state index in [4.69, 9.17) is 0 Å². The van der Waals surface area contributed by atoms with Gasteiger partial charge in [0.15, 0.2) is 16.7 Å². The van der Waals surface area contributed by atoms with Crippen LogP contribution in [0.15, 0.2) is 30.3 Å². The number of para-hydroxylation sites is 1. The van der Waals surface area contributed by atoms with Crippen molar-refractivity contribution in [2.24, 2.45) is 0 Å². The second-order valence-corrected chi connectivity index (χ2v) is 3.98. The Bertz CT molecular complexity index is 496. The van der Waals surface area contributed by atoms with Crippen LogP contribution >= 0.6 is 0 Å². The summed E-state index contributed by atoms with van der Waals surface area (Å²) in [6.45, 7) is -0.416. The SMILES string of the molecule is O=[N+]([O-])N(CCCCN([N+](=O)[O-])[N+](=O)[O-])c1ccccc1. The van der Waals surface area contributed by atoms with Crippen molar-refractivity contribution in [2.45, 2.75) is 12.8 Å². The molecule has 0 heterocycles. The Labute approximate surface area is 118 Å². The molecule has 1 rings (SSSR count). The van der Waals surface area contributed by atoms with Crippen molar-refractivity contribution < 1.29 is 15.1 Å². The van der Waals surface area contributed by atoms with Gasteiger partial charge < -0.3 is 0 Å². The highest BCUT2D eigenvalue weighted by Gasteiger charge is 2.26. The first-order chi connectivity index (χ1) is 9.93. The fourth-order valence-corrected chi connectivity index (χ4v) is 1.64. The molecule has 114 valence electrons. The predicted molar refractivity (Wildman–Crippen MR) is 70.7 cm³/mol. The van der Waals surface area contributed by atoms with E-state index in [0.717, 1.165) is 5.01 Å². The van der Waals surface area contributed by atoms with Crippen molar-refractivity contribution in [3.05, 3.63) is 60.7 Å². The van der Waals surface area contributed by atoms with Gasteiger partial charge in [0.2, 0.25) is 10.1 Å². The van der Waals surface area contributed by atoms with Gasteiger partial charge in [0.05, 0.1) is 6.54 Å². The van der Waals surface area contributed by atoms with Crippen molar-refractivity contribution >= 4 is 5.69 Å². The van der Waals surface area contributed by atoms with Crippen LogP contribution in [0.25, 0.3) is 0 Å². The summed E-state index contributed by atoms with van der Waals surface area (Å²) in [6, 6.07) is 8.13. The Morgan fingerprint density at radius 2 is 1.33 bits per heavy atom. The van der Waals surface area contributed by atoms with Crippen LogP contribution in [0.2, 0.25) is 0 Å². The summed E-state index contributed by atoms with van der Waals surface area (Å²) in [5, 5.41) is 29.6. The number of nitro groups is 3. The number of unbranched alkanes of at least 4 members (excludes halogenated alkanes) is 1. The molecular formula is C10H13N5O6. The first-order valence-electron chi connectivity index (χ1n) is 5.96. The molecule has 0 N–H and O–H groups in total. The Balaban J connectivity index is 2.51. The summed E-state index contributed by atoms with van der Waals surface area (Å²) in [5.74, 6) is 0. The highest BCUT2D eigenvalue weighted by Crippen LogP contribution is 2.14. The standard InChI is InChI=1S/C10H13N5O6/c16-13(17)11(10-6-2-1-3-7-10)8-4-5-9-12(14(18)19)15(20)21/h1-3,6-7H,4-5,8-9H2. The summed E-state index contributed by atoms with van der Waals surface area (Å²) in [4.78, 5) is 31.7. The van der Waals surface area contributed by atoms with E-state index in [1.807, 2.05) is 0 Å². The van der Waals surface area contributed by atoms with Crippen LogP contribution in [0.3, 0.4) is 0 Å². The maximum absolute atomic E-state index is 10.9. The average Bonchev–Trinajstić information content (AvgIpc) is 2.42. The number of hydrogen-bond acceptors (Lipinski definition) is 6. The summed E-state index contributed by atoms with van der Waals surface area (Å²) in [5.41, 5.74) is 0.378. The molecule has 21 heavy (non-hydrogen) atoms. The van der Waals surface area contributed by atoms with Gasteiger partial charge in [0, 0.05) is 0 Å². The van der Waals surface area contributed by atoms with Crippen LogP contribution in [0.5, 0.6) is 0 Å². The lowest BCUT2D eigenvalue weighted by Gasteiger charge is -2.13. The number of anilines is 1. The van der Waals surface area contributed by atoms with Crippen molar-refractivity contribution in [1.29, 1.82) is 0 Å². The fraction of sp³-hybridized carbons (Fsp3) is 0.400. The number of nitrogens with zero attached hydrogens (tertiary/aromatic N) is 5. The first kappa shape index (κ1) is 16.1. The van der Waals surface area contributed by atoms with Crippen molar-refractivity contribution in [1.82, 2.24) is 5.12 Å². The molecular weight excluding hydrogens is 286 g/mol. The van der Waals surface area contributed by atoms with Gasteiger partial charge in [-0.2, -0.15) is 0 Å². The van der Waals surface area contributed by atoms with E-state index >= 15 is 0 Å². The Hall–Kier alpha value is -2.98. The first-order valence-corrected chi connectivity index (χ1v) is 5.96. The predicted octanol–water partition coefficient (Wildman–Crippen LogP) is 1.15. The number of benzene rings is 1. The highest BCUT2D eigenvalue weighted by atomic mass is 16.8. The van der Waals surface area contributed by atoms with Gasteiger partial charge in [-0.1, -0.05) is 23.2 Å². The minimum absolute atomic E-state index is 0.000280. The molecule has 0 aliphatic heterocycles. The van der Waals surface area contributed by atoms with Crippen molar-refractivity contribution in [3.8, 4) is 0 Å². The zero-order valence-corrected chi connectivity index (χ0v) is 10.9. The summed E-state index contributed by atoms with van der Waals surface area (Å²) in [6.07, 6.45) is 0.285. The van der Waals surface area contributed by atoms with Gasteiger partial charge in [-0.05, 0) is 25.0 Å². The highest BCUT2D eigenvalue weighted by molar-refractivity contribution is 5.42. The van der Waals surface area contributed by atoms with E-state index in [1.165, 1.54) is 0 Å². The number of hydrogen-bond donors (Lipinski definition) is 0. The van der Waals surface area contributed by atoms with Gasteiger partial charge in [-0.15, -0.1) is 0 Å². The minimum Gasteiger partial charge on any atom is -0.234 e. The molecule has 0 atom stereocenters. The lowest BCUT2D eigenvalue weighted by Crippen LogP contribution is -2.37. The van der Waals surface area contributed by atoms with Gasteiger partial charge in [-0.3, -0.25) is 0 Å². The topological polar surface area (TPSA) is 136 Å². The second kappa shape index (κ2) is 7.57. The molecule has 0 fully saturated rings. The molecule has 0 saturated heterocycles. The maximum Gasteiger partial charge on any atom is 0.222 e. The third-order valence-electron chi connectivity index (χ3n) is 2.61. The summed E-state index contributed by atoms with van der Waals surface area (Å²) in [7, 11) is 0. The van der Waals surface area contributed by atoms with Crippen LogP contribution in [0, 0.1) is 30.3 Å². The van der Waals surface area contributed by atoms with Crippen LogP contribution in [0.4, 0.5) is 5.69 Å². The van der Waals surface area contributed by atoms with Crippen molar-refractivity contribution in [2.75, 3.05) is 18.1 Å².